The summed E-state index contributed by atoms with van der Waals surface area (Å²) in [5.74, 6) is 0. The van der Waals surface area contributed by atoms with Crippen molar-refractivity contribution in [1.82, 2.24) is 0 Å². The molecule has 1 aromatic carbocycles. The summed E-state index contributed by atoms with van der Waals surface area (Å²) in [5.41, 5.74) is 9.89. The fourth-order valence-electron chi connectivity index (χ4n) is 2.53. The molecule has 0 fully saturated rings. The van der Waals surface area contributed by atoms with Crippen LogP contribution < -0.4 is 5.73 Å². The fraction of sp³-hybridized carbons (Fsp3) is 0.667. The van der Waals surface area contributed by atoms with Crippen LogP contribution in [0.15, 0.2) is 18.2 Å². The molecule has 0 aliphatic rings. The van der Waals surface area contributed by atoms with E-state index in [1.54, 1.807) is 0 Å². The first-order valence-corrected chi connectivity index (χ1v) is 8.15. The van der Waals surface area contributed by atoms with Crippen molar-refractivity contribution in [2.45, 2.75) is 78.1 Å². The number of unbranched alkanes of at least 4 members (excludes halogenated alkanes) is 6. The van der Waals surface area contributed by atoms with Crippen molar-refractivity contribution < 1.29 is 0 Å². The molecule has 0 aliphatic carbocycles. The maximum absolute atomic E-state index is 6.08. The number of nitrogen functional groups attached to an aromatic ring is 1. The number of nitrogens with two attached hydrogens (primary N) is 1. The Kier molecular flexibility index (Phi) is 8.36. The number of aryl methyl sites for hydroxylation is 2. The van der Waals surface area contributed by atoms with Crippen LogP contribution in [0.1, 0.15) is 76.3 Å². The Morgan fingerprint density at radius 1 is 0.789 bits per heavy atom. The number of hydrogen-bond acceptors (Lipinski definition) is 1. The molecule has 0 radical (unpaired) electrons. The topological polar surface area (TPSA) is 26.0 Å². The number of benzene rings is 1. The van der Waals surface area contributed by atoms with Gasteiger partial charge in [0.25, 0.3) is 0 Å². The van der Waals surface area contributed by atoms with E-state index < -0.39 is 0 Å². The lowest BCUT2D eigenvalue weighted by Crippen LogP contribution is -1.97. The summed E-state index contributed by atoms with van der Waals surface area (Å²) in [4.78, 5) is 0. The first-order valence-electron chi connectivity index (χ1n) is 8.15. The molecule has 19 heavy (non-hydrogen) atoms. The molecular formula is C18H31N. The van der Waals surface area contributed by atoms with Crippen molar-refractivity contribution in [3.63, 3.8) is 0 Å². The molecule has 2 N–H and O–H groups in total. The van der Waals surface area contributed by atoms with Gasteiger partial charge in [0, 0.05) is 5.69 Å². The van der Waals surface area contributed by atoms with E-state index >= 15 is 0 Å². The van der Waals surface area contributed by atoms with Crippen molar-refractivity contribution in [2.24, 2.45) is 0 Å². The predicted octanol–water partition coefficient (Wildman–Crippen LogP) is 5.51. The zero-order valence-electron chi connectivity index (χ0n) is 12.9. The van der Waals surface area contributed by atoms with Crippen LogP contribution in [0, 0.1) is 0 Å². The highest BCUT2D eigenvalue weighted by atomic mass is 14.6. The first kappa shape index (κ1) is 16.1. The van der Waals surface area contributed by atoms with Gasteiger partial charge in [0.05, 0.1) is 0 Å². The number of hydrogen-bond donors (Lipinski definition) is 1. The van der Waals surface area contributed by atoms with Crippen molar-refractivity contribution in [3.05, 3.63) is 29.3 Å². The fourth-order valence-corrected chi connectivity index (χ4v) is 2.53. The Bertz CT molecular complexity index is 344. The van der Waals surface area contributed by atoms with Crippen molar-refractivity contribution >= 4 is 5.69 Å². The molecule has 0 bridgehead atoms. The Morgan fingerprint density at radius 3 is 2.05 bits per heavy atom. The van der Waals surface area contributed by atoms with Crippen LogP contribution in [0.3, 0.4) is 0 Å². The van der Waals surface area contributed by atoms with Gasteiger partial charge in [0.2, 0.25) is 0 Å². The lowest BCUT2D eigenvalue weighted by molar-refractivity contribution is 0.661. The van der Waals surface area contributed by atoms with Crippen LogP contribution in [-0.2, 0) is 12.8 Å². The normalized spacial score (nSPS) is 10.8. The predicted molar refractivity (Wildman–Crippen MR) is 86.5 cm³/mol. The Morgan fingerprint density at radius 2 is 1.42 bits per heavy atom. The van der Waals surface area contributed by atoms with Gasteiger partial charge in [-0.1, -0.05) is 64.5 Å². The molecular weight excluding hydrogens is 230 g/mol. The maximum atomic E-state index is 6.08. The van der Waals surface area contributed by atoms with Gasteiger partial charge in [-0.25, -0.2) is 0 Å². The monoisotopic (exact) mass is 261 g/mol. The summed E-state index contributed by atoms with van der Waals surface area (Å²) >= 11 is 0. The molecule has 0 amide bonds. The molecule has 1 rings (SSSR count). The molecule has 1 nitrogen and oxygen atoms in total. The molecule has 0 unspecified atom stereocenters. The summed E-state index contributed by atoms with van der Waals surface area (Å²) in [6.45, 7) is 4.52. The van der Waals surface area contributed by atoms with Crippen LogP contribution in [0.4, 0.5) is 5.69 Å². The molecule has 1 aromatic rings. The average Bonchev–Trinajstić information content (AvgIpc) is 2.42. The van der Waals surface area contributed by atoms with E-state index in [4.69, 9.17) is 5.73 Å². The van der Waals surface area contributed by atoms with Crippen LogP contribution in [-0.4, -0.2) is 0 Å². The molecule has 108 valence electrons. The van der Waals surface area contributed by atoms with Gasteiger partial charge in [0.1, 0.15) is 0 Å². The van der Waals surface area contributed by atoms with Gasteiger partial charge in [-0.3, -0.25) is 0 Å². The van der Waals surface area contributed by atoms with Gasteiger partial charge in [0.15, 0.2) is 0 Å². The minimum absolute atomic E-state index is 0.980. The maximum Gasteiger partial charge on any atom is 0.0346 e. The highest BCUT2D eigenvalue weighted by Crippen LogP contribution is 2.19. The Balaban J connectivity index is 2.42. The summed E-state index contributed by atoms with van der Waals surface area (Å²) in [6, 6.07) is 6.65. The lowest BCUT2D eigenvalue weighted by Gasteiger charge is -2.09. The zero-order chi connectivity index (χ0) is 13.9. The summed E-state index contributed by atoms with van der Waals surface area (Å²) < 4.78 is 0. The molecule has 1 heteroatoms. The largest absolute Gasteiger partial charge is 0.399 e. The van der Waals surface area contributed by atoms with Gasteiger partial charge < -0.3 is 5.73 Å². The van der Waals surface area contributed by atoms with E-state index in [2.05, 4.69) is 32.0 Å². The second-order valence-corrected chi connectivity index (χ2v) is 5.65. The molecule has 0 saturated carbocycles. The lowest BCUT2D eigenvalue weighted by atomic mass is 9.99. The number of anilines is 1. The van der Waals surface area contributed by atoms with Crippen molar-refractivity contribution in [2.75, 3.05) is 5.73 Å². The minimum atomic E-state index is 0.980. The summed E-state index contributed by atoms with van der Waals surface area (Å²) in [6.07, 6.45) is 12.9. The van der Waals surface area contributed by atoms with Gasteiger partial charge in [-0.05, 0) is 42.9 Å². The first-order chi connectivity index (χ1) is 9.27. The second kappa shape index (κ2) is 9.89. The molecule has 0 atom stereocenters. The van der Waals surface area contributed by atoms with Crippen molar-refractivity contribution in [1.29, 1.82) is 0 Å². The molecule has 0 aliphatic heterocycles. The molecule has 0 spiro atoms. The second-order valence-electron chi connectivity index (χ2n) is 5.65. The van der Waals surface area contributed by atoms with E-state index in [1.807, 2.05) is 0 Å². The third-order valence-electron chi connectivity index (χ3n) is 3.83. The minimum Gasteiger partial charge on any atom is -0.399 e. The third-order valence-corrected chi connectivity index (χ3v) is 3.83. The summed E-state index contributed by atoms with van der Waals surface area (Å²) in [5, 5.41) is 0. The quantitative estimate of drug-likeness (QED) is 0.436. The van der Waals surface area contributed by atoms with E-state index in [0.717, 1.165) is 12.1 Å². The smallest absolute Gasteiger partial charge is 0.0346 e. The van der Waals surface area contributed by atoms with E-state index in [9.17, 15) is 0 Å². The standard InChI is InChI=1S/C18H31N/c1-3-5-7-9-11-16-13-14-18(19)17(15-16)12-10-8-6-4-2/h13-15H,3-12,19H2,1-2H3. The van der Waals surface area contributed by atoms with Gasteiger partial charge >= 0.3 is 0 Å². The van der Waals surface area contributed by atoms with Crippen molar-refractivity contribution in [3.8, 4) is 0 Å². The highest BCUT2D eigenvalue weighted by Gasteiger charge is 2.02. The summed E-state index contributed by atoms with van der Waals surface area (Å²) in [7, 11) is 0. The van der Waals surface area contributed by atoms with E-state index in [1.165, 1.54) is 68.9 Å². The highest BCUT2D eigenvalue weighted by molar-refractivity contribution is 5.48. The molecule has 0 heterocycles. The van der Waals surface area contributed by atoms with Crippen LogP contribution in [0.25, 0.3) is 0 Å². The van der Waals surface area contributed by atoms with Gasteiger partial charge in [-0.15, -0.1) is 0 Å². The average molecular weight is 261 g/mol. The Labute approximate surface area is 119 Å². The van der Waals surface area contributed by atoms with E-state index in [0.29, 0.717) is 0 Å². The van der Waals surface area contributed by atoms with Crippen LogP contribution >= 0.6 is 0 Å². The molecule has 0 saturated heterocycles. The SMILES string of the molecule is CCCCCCc1ccc(N)c(CCCCCC)c1. The third kappa shape index (κ3) is 6.66. The Hall–Kier alpha value is -0.980. The zero-order valence-corrected chi connectivity index (χ0v) is 12.9. The van der Waals surface area contributed by atoms with Crippen LogP contribution in [0.5, 0.6) is 0 Å². The number of rotatable bonds is 10. The van der Waals surface area contributed by atoms with E-state index in [-0.39, 0.29) is 0 Å². The van der Waals surface area contributed by atoms with Crippen LogP contribution in [0.2, 0.25) is 0 Å². The van der Waals surface area contributed by atoms with Gasteiger partial charge in [-0.2, -0.15) is 0 Å². The molecule has 0 aromatic heterocycles.